The second kappa shape index (κ2) is 4.24. The number of nitrogens with zero attached hydrogens (tertiary/aromatic N) is 3. The van der Waals surface area contributed by atoms with E-state index >= 15 is 0 Å². The van der Waals surface area contributed by atoms with Crippen molar-refractivity contribution in [2.45, 2.75) is 32.1 Å². The van der Waals surface area contributed by atoms with Crippen LogP contribution in [-0.4, -0.2) is 15.0 Å². The molecule has 1 aliphatic carbocycles. The Morgan fingerprint density at radius 3 is 2.53 bits per heavy atom. The topological polar surface area (TPSA) is 38.7 Å². The van der Waals surface area contributed by atoms with Crippen molar-refractivity contribution in [1.29, 1.82) is 0 Å². The molecule has 0 spiro atoms. The van der Waals surface area contributed by atoms with Gasteiger partial charge in [0.15, 0.2) is 5.82 Å². The molecule has 0 atom stereocenters. The van der Waals surface area contributed by atoms with Gasteiger partial charge in [0, 0.05) is 35.3 Å². The maximum Gasteiger partial charge on any atom is 0.159 e. The van der Waals surface area contributed by atoms with E-state index in [4.69, 9.17) is 0 Å². The summed E-state index contributed by atoms with van der Waals surface area (Å²) in [6, 6.07) is 6.03. The highest BCUT2D eigenvalue weighted by Crippen LogP contribution is 2.35. The van der Waals surface area contributed by atoms with E-state index in [9.17, 15) is 0 Å². The zero-order valence-corrected chi connectivity index (χ0v) is 9.93. The lowest BCUT2D eigenvalue weighted by molar-refractivity contribution is 0.410. The fraction of sp³-hybridized carbons (Fsp3) is 0.357. The van der Waals surface area contributed by atoms with E-state index in [0.717, 1.165) is 17.1 Å². The molecule has 2 aromatic heterocycles. The summed E-state index contributed by atoms with van der Waals surface area (Å²) in [7, 11) is 0. The quantitative estimate of drug-likeness (QED) is 0.788. The molecular formula is C14H15N3. The number of hydrogen-bond acceptors (Lipinski definition) is 3. The van der Waals surface area contributed by atoms with Crippen LogP contribution in [0.4, 0.5) is 0 Å². The SMILES string of the molecule is Cc1cc(C2CCC2)nc(-c2ccncc2)n1. The van der Waals surface area contributed by atoms with E-state index in [0.29, 0.717) is 5.92 Å². The monoisotopic (exact) mass is 225 g/mol. The van der Waals surface area contributed by atoms with Crippen molar-refractivity contribution in [3.63, 3.8) is 0 Å². The van der Waals surface area contributed by atoms with Gasteiger partial charge in [-0.3, -0.25) is 4.98 Å². The molecule has 2 heterocycles. The summed E-state index contributed by atoms with van der Waals surface area (Å²) in [6.07, 6.45) is 7.44. The highest BCUT2D eigenvalue weighted by Gasteiger charge is 2.21. The van der Waals surface area contributed by atoms with E-state index in [1.807, 2.05) is 19.1 Å². The van der Waals surface area contributed by atoms with Crippen molar-refractivity contribution in [3.05, 3.63) is 42.0 Å². The predicted octanol–water partition coefficient (Wildman–Crippen LogP) is 3.11. The first-order valence-corrected chi connectivity index (χ1v) is 6.09. The van der Waals surface area contributed by atoms with Crippen LogP contribution in [0.3, 0.4) is 0 Å². The number of aromatic nitrogens is 3. The average molecular weight is 225 g/mol. The number of aryl methyl sites for hydroxylation is 1. The molecule has 0 aromatic carbocycles. The highest BCUT2D eigenvalue weighted by molar-refractivity contribution is 5.54. The molecular weight excluding hydrogens is 210 g/mol. The summed E-state index contributed by atoms with van der Waals surface area (Å²) in [5.41, 5.74) is 3.30. The third-order valence-corrected chi connectivity index (χ3v) is 3.34. The molecule has 3 nitrogen and oxygen atoms in total. The largest absolute Gasteiger partial charge is 0.265 e. The molecule has 0 amide bonds. The molecule has 0 saturated heterocycles. The summed E-state index contributed by atoms with van der Waals surface area (Å²) < 4.78 is 0. The van der Waals surface area contributed by atoms with Gasteiger partial charge in [-0.1, -0.05) is 6.42 Å². The Labute approximate surface area is 101 Å². The first-order valence-electron chi connectivity index (χ1n) is 6.09. The molecule has 1 saturated carbocycles. The van der Waals surface area contributed by atoms with Gasteiger partial charge in [0.2, 0.25) is 0 Å². The van der Waals surface area contributed by atoms with Crippen molar-refractivity contribution in [3.8, 4) is 11.4 Å². The van der Waals surface area contributed by atoms with E-state index in [1.165, 1.54) is 25.0 Å². The molecule has 0 unspecified atom stereocenters. The van der Waals surface area contributed by atoms with Gasteiger partial charge in [0.05, 0.1) is 0 Å². The molecule has 3 rings (SSSR count). The summed E-state index contributed by atoms with van der Waals surface area (Å²) in [5, 5.41) is 0. The van der Waals surface area contributed by atoms with Crippen LogP contribution in [0.1, 0.15) is 36.6 Å². The minimum absolute atomic E-state index is 0.650. The minimum atomic E-state index is 0.650. The molecule has 1 aliphatic rings. The van der Waals surface area contributed by atoms with Crippen LogP contribution in [0, 0.1) is 6.92 Å². The molecule has 17 heavy (non-hydrogen) atoms. The number of hydrogen-bond donors (Lipinski definition) is 0. The van der Waals surface area contributed by atoms with Gasteiger partial charge < -0.3 is 0 Å². The molecule has 0 N–H and O–H groups in total. The van der Waals surface area contributed by atoms with Gasteiger partial charge in [0.1, 0.15) is 0 Å². The van der Waals surface area contributed by atoms with Gasteiger partial charge in [-0.2, -0.15) is 0 Å². The molecule has 1 fully saturated rings. The van der Waals surface area contributed by atoms with Crippen molar-refractivity contribution in [2.24, 2.45) is 0 Å². The Morgan fingerprint density at radius 1 is 1.12 bits per heavy atom. The van der Waals surface area contributed by atoms with Gasteiger partial charge in [-0.25, -0.2) is 9.97 Å². The van der Waals surface area contributed by atoms with Crippen molar-refractivity contribution in [2.75, 3.05) is 0 Å². The van der Waals surface area contributed by atoms with Gasteiger partial charge in [-0.05, 0) is 38.0 Å². The molecule has 2 aromatic rings. The molecule has 3 heteroatoms. The minimum Gasteiger partial charge on any atom is -0.265 e. The molecule has 86 valence electrons. The maximum atomic E-state index is 4.69. The van der Waals surface area contributed by atoms with Gasteiger partial charge >= 0.3 is 0 Å². The summed E-state index contributed by atoms with van der Waals surface area (Å²) in [4.78, 5) is 13.2. The fourth-order valence-electron chi connectivity index (χ4n) is 2.14. The van der Waals surface area contributed by atoms with Crippen molar-refractivity contribution < 1.29 is 0 Å². The Morgan fingerprint density at radius 2 is 1.88 bits per heavy atom. The number of pyridine rings is 1. The van der Waals surface area contributed by atoms with Crippen LogP contribution >= 0.6 is 0 Å². The lowest BCUT2D eigenvalue weighted by Gasteiger charge is -2.25. The van der Waals surface area contributed by atoms with Crippen LogP contribution in [0.15, 0.2) is 30.6 Å². The van der Waals surface area contributed by atoms with Crippen LogP contribution in [0.25, 0.3) is 11.4 Å². The van der Waals surface area contributed by atoms with E-state index in [1.54, 1.807) is 12.4 Å². The lowest BCUT2D eigenvalue weighted by atomic mass is 9.82. The summed E-state index contributed by atoms with van der Waals surface area (Å²) >= 11 is 0. The standard InChI is InChI=1S/C14H15N3/c1-10-9-13(11-3-2-4-11)17-14(16-10)12-5-7-15-8-6-12/h5-9,11H,2-4H2,1H3. The molecule has 0 aliphatic heterocycles. The second-order valence-corrected chi connectivity index (χ2v) is 4.62. The highest BCUT2D eigenvalue weighted by atomic mass is 14.9. The first-order chi connectivity index (χ1) is 8.33. The normalized spacial score (nSPS) is 15.6. The molecule has 0 radical (unpaired) electrons. The lowest BCUT2D eigenvalue weighted by Crippen LogP contribution is -2.12. The van der Waals surface area contributed by atoms with Crippen molar-refractivity contribution >= 4 is 0 Å². The zero-order valence-electron chi connectivity index (χ0n) is 9.93. The molecule has 0 bridgehead atoms. The third-order valence-electron chi connectivity index (χ3n) is 3.34. The Kier molecular flexibility index (Phi) is 2.59. The van der Waals surface area contributed by atoms with E-state index in [-0.39, 0.29) is 0 Å². The van der Waals surface area contributed by atoms with Gasteiger partial charge in [0.25, 0.3) is 0 Å². The Balaban J connectivity index is 2.02. The smallest absolute Gasteiger partial charge is 0.159 e. The zero-order chi connectivity index (χ0) is 11.7. The van der Waals surface area contributed by atoms with Crippen LogP contribution < -0.4 is 0 Å². The Bertz CT molecular complexity index is 518. The van der Waals surface area contributed by atoms with Crippen LogP contribution in [-0.2, 0) is 0 Å². The maximum absolute atomic E-state index is 4.69. The average Bonchev–Trinajstić information content (AvgIpc) is 2.27. The Hall–Kier alpha value is -1.77. The summed E-state index contributed by atoms with van der Waals surface area (Å²) in [6.45, 7) is 2.04. The van der Waals surface area contributed by atoms with Crippen LogP contribution in [0.5, 0.6) is 0 Å². The fourth-order valence-corrected chi connectivity index (χ4v) is 2.14. The second-order valence-electron chi connectivity index (χ2n) is 4.62. The van der Waals surface area contributed by atoms with Crippen LogP contribution in [0.2, 0.25) is 0 Å². The number of rotatable bonds is 2. The predicted molar refractivity (Wildman–Crippen MR) is 66.6 cm³/mol. The summed E-state index contributed by atoms with van der Waals surface area (Å²) in [5.74, 6) is 1.48. The van der Waals surface area contributed by atoms with Crippen molar-refractivity contribution in [1.82, 2.24) is 15.0 Å². The van der Waals surface area contributed by atoms with Gasteiger partial charge in [-0.15, -0.1) is 0 Å². The third kappa shape index (κ3) is 2.05. The van der Waals surface area contributed by atoms with E-state index in [2.05, 4.69) is 21.0 Å². The van der Waals surface area contributed by atoms with E-state index < -0.39 is 0 Å². The first kappa shape index (κ1) is 10.4.